The van der Waals surface area contributed by atoms with Crippen molar-refractivity contribution < 1.29 is 0 Å². The molecule has 0 heterocycles. The SMILES string of the molecule is C=CC(C)Nc1ccc(N)cc1. The predicted octanol–water partition coefficient (Wildman–Crippen LogP) is 2.26. The average Bonchev–Trinajstić information content (AvgIpc) is 2.09. The monoisotopic (exact) mass is 162 g/mol. The molecule has 0 aliphatic heterocycles. The van der Waals surface area contributed by atoms with Gasteiger partial charge in [-0.3, -0.25) is 0 Å². The fourth-order valence-electron chi connectivity index (χ4n) is 0.901. The molecule has 0 saturated heterocycles. The minimum absolute atomic E-state index is 0.286. The lowest BCUT2D eigenvalue weighted by Gasteiger charge is -2.10. The summed E-state index contributed by atoms with van der Waals surface area (Å²) >= 11 is 0. The van der Waals surface area contributed by atoms with Gasteiger partial charge in [-0.25, -0.2) is 0 Å². The molecule has 0 aliphatic carbocycles. The van der Waals surface area contributed by atoms with E-state index >= 15 is 0 Å². The maximum atomic E-state index is 5.54. The van der Waals surface area contributed by atoms with Crippen LogP contribution in [0, 0.1) is 0 Å². The number of hydrogen-bond acceptors (Lipinski definition) is 2. The summed E-state index contributed by atoms with van der Waals surface area (Å²) in [6, 6.07) is 7.94. The zero-order valence-corrected chi connectivity index (χ0v) is 7.25. The Hall–Kier alpha value is -1.44. The first kappa shape index (κ1) is 8.65. The molecular formula is C10H14N2. The molecule has 64 valence electrons. The molecule has 1 rings (SSSR count). The quantitative estimate of drug-likeness (QED) is 0.528. The summed E-state index contributed by atoms with van der Waals surface area (Å²) in [6.07, 6.45) is 1.86. The van der Waals surface area contributed by atoms with Gasteiger partial charge in [-0.1, -0.05) is 6.08 Å². The Morgan fingerprint density at radius 1 is 1.42 bits per heavy atom. The smallest absolute Gasteiger partial charge is 0.0413 e. The number of hydrogen-bond donors (Lipinski definition) is 2. The van der Waals surface area contributed by atoms with Crippen LogP contribution in [0.25, 0.3) is 0 Å². The molecule has 0 radical (unpaired) electrons. The molecule has 0 amide bonds. The second-order valence-corrected chi connectivity index (χ2v) is 2.79. The van der Waals surface area contributed by atoms with E-state index in [4.69, 9.17) is 5.73 Å². The van der Waals surface area contributed by atoms with Crippen LogP contribution in [0.15, 0.2) is 36.9 Å². The molecule has 0 fully saturated rings. The molecule has 0 bridgehead atoms. The summed E-state index contributed by atoms with van der Waals surface area (Å²) in [6.45, 7) is 5.73. The van der Waals surface area contributed by atoms with Crippen molar-refractivity contribution in [2.75, 3.05) is 11.1 Å². The molecule has 3 N–H and O–H groups in total. The summed E-state index contributed by atoms with van der Waals surface area (Å²) < 4.78 is 0. The van der Waals surface area contributed by atoms with Gasteiger partial charge in [0.15, 0.2) is 0 Å². The Labute approximate surface area is 73.1 Å². The van der Waals surface area contributed by atoms with Gasteiger partial charge in [0.25, 0.3) is 0 Å². The second kappa shape index (κ2) is 3.81. The first-order chi connectivity index (χ1) is 5.72. The third-order valence-electron chi connectivity index (χ3n) is 1.66. The standard InChI is InChI=1S/C10H14N2/c1-3-8(2)12-10-6-4-9(11)5-7-10/h3-8,12H,1,11H2,2H3. The lowest BCUT2D eigenvalue weighted by molar-refractivity contribution is 1.00. The summed E-state index contributed by atoms with van der Waals surface area (Å²) in [7, 11) is 0. The number of nitrogens with two attached hydrogens (primary N) is 1. The minimum atomic E-state index is 0.286. The van der Waals surface area contributed by atoms with Gasteiger partial charge >= 0.3 is 0 Å². The molecule has 2 nitrogen and oxygen atoms in total. The number of rotatable bonds is 3. The van der Waals surface area contributed by atoms with Crippen LogP contribution in [0.5, 0.6) is 0 Å². The van der Waals surface area contributed by atoms with Gasteiger partial charge in [0, 0.05) is 17.4 Å². The Morgan fingerprint density at radius 2 is 2.00 bits per heavy atom. The van der Waals surface area contributed by atoms with Crippen molar-refractivity contribution in [2.45, 2.75) is 13.0 Å². The third-order valence-corrected chi connectivity index (χ3v) is 1.66. The molecule has 0 aromatic heterocycles. The number of nitrogens with one attached hydrogen (secondary N) is 1. The molecule has 0 aliphatic rings. The van der Waals surface area contributed by atoms with Crippen LogP contribution in [0.1, 0.15) is 6.92 Å². The first-order valence-corrected chi connectivity index (χ1v) is 3.97. The highest BCUT2D eigenvalue weighted by Crippen LogP contribution is 2.11. The van der Waals surface area contributed by atoms with E-state index in [2.05, 4.69) is 11.9 Å². The summed E-state index contributed by atoms with van der Waals surface area (Å²) in [4.78, 5) is 0. The van der Waals surface area contributed by atoms with E-state index in [0.29, 0.717) is 0 Å². The van der Waals surface area contributed by atoms with E-state index in [1.807, 2.05) is 37.3 Å². The molecule has 0 spiro atoms. The molecule has 0 saturated carbocycles. The van der Waals surface area contributed by atoms with Crippen LogP contribution in [-0.4, -0.2) is 6.04 Å². The number of nitrogen functional groups attached to an aromatic ring is 1. The van der Waals surface area contributed by atoms with Crippen LogP contribution in [0.2, 0.25) is 0 Å². The lowest BCUT2D eigenvalue weighted by Crippen LogP contribution is -2.10. The highest BCUT2D eigenvalue weighted by atomic mass is 14.9. The highest BCUT2D eigenvalue weighted by Gasteiger charge is 1.94. The predicted molar refractivity (Wildman–Crippen MR) is 54.1 cm³/mol. The number of benzene rings is 1. The van der Waals surface area contributed by atoms with Crippen molar-refractivity contribution in [3.05, 3.63) is 36.9 Å². The van der Waals surface area contributed by atoms with E-state index < -0.39 is 0 Å². The minimum Gasteiger partial charge on any atom is -0.399 e. The van der Waals surface area contributed by atoms with Crippen molar-refractivity contribution in [1.82, 2.24) is 0 Å². The van der Waals surface area contributed by atoms with Gasteiger partial charge in [0.05, 0.1) is 0 Å². The molecule has 1 atom stereocenters. The van der Waals surface area contributed by atoms with Crippen molar-refractivity contribution in [1.29, 1.82) is 0 Å². The third kappa shape index (κ3) is 2.31. The maximum absolute atomic E-state index is 5.54. The molecule has 1 aromatic rings. The van der Waals surface area contributed by atoms with E-state index in [9.17, 15) is 0 Å². The Morgan fingerprint density at radius 3 is 2.50 bits per heavy atom. The van der Waals surface area contributed by atoms with Gasteiger partial charge in [-0.15, -0.1) is 6.58 Å². The van der Waals surface area contributed by atoms with Crippen molar-refractivity contribution >= 4 is 11.4 Å². The Kier molecular flexibility index (Phi) is 2.75. The zero-order chi connectivity index (χ0) is 8.97. The molecule has 12 heavy (non-hydrogen) atoms. The lowest BCUT2D eigenvalue weighted by atomic mass is 10.2. The second-order valence-electron chi connectivity index (χ2n) is 2.79. The van der Waals surface area contributed by atoms with Crippen LogP contribution in [-0.2, 0) is 0 Å². The average molecular weight is 162 g/mol. The van der Waals surface area contributed by atoms with Gasteiger partial charge in [-0.05, 0) is 31.2 Å². The Balaban J connectivity index is 2.64. The highest BCUT2D eigenvalue weighted by molar-refractivity contribution is 5.51. The van der Waals surface area contributed by atoms with Gasteiger partial charge in [0.2, 0.25) is 0 Å². The molecular weight excluding hydrogens is 148 g/mol. The van der Waals surface area contributed by atoms with E-state index in [1.165, 1.54) is 0 Å². The van der Waals surface area contributed by atoms with Gasteiger partial charge in [-0.2, -0.15) is 0 Å². The van der Waals surface area contributed by atoms with Crippen LogP contribution >= 0.6 is 0 Å². The van der Waals surface area contributed by atoms with Gasteiger partial charge < -0.3 is 11.1 Å². The fraction of sp³-hybridized carbons (Fsp3) is 0.200. The van der Waals surface area contributed by atoms with Crippen LogP contribution < -0.4 is 11.1 Å². The largest absolute Gasteiger partial charge is 0.399 e. The van der Waals surface area contributed by atoms with E-state index in [-0.39, 0.29) is 6.04 Å². The maximum Gasteiger partial charge on any atom is 0.0413 e. The van der Waals surface area contributed by atoms with E-state index in [0.717, 1.165) is 11.4 Å². The molecule has 2 heteroatoms. The van der Waals surface area contributed by atoms with Crippen molar-refractivity contribution in [2.24, 2.45) is 0 Å². The molecule has 1 aromatic carbocycles. The summed E-state index contributed by atoms with van der Waals surface area (Å²) in [5.74, 6) is 0. The Bertz CT molecular complexity index is 251. The summed E-state index contributed by atoms with van der Waals surface area (Å²) in [5.41, 5.74) is 7.39. The molecule has 1 unspecified atom stereocenters. The fourth-order valence-corrected chi connectivity index (χ4v) is 0.901. The zero-order valence-electron chi connectivity index (χ0n) is 7.25. The van der Waals surface area contributed by atoms with Crippen molar-refractivity contribution in [3.63, 3.8) is 0 Å². The normalized spacial score (nSPS) is 12.1. The van der Waals surface area contributed by atoms with Crippen LogP contribution in [0.4, 0.5) is 11.4 Å². The van der Waals surface area contributed by atoms with Crippen molar-refractivity contribution in [3.8, 4) is 0 Å². The van der Waals surface area contributed by atoms with Gasteiger partial charge in [0.1, 0.15) is 0 Å². The number of anilines is 2. The first-order valence-electron chi connectivity index (χ1n) is 3.97. The van der Waals surface area contributed by atoms with E-state index in [1.54, 1.807) is 0 Å². The topological polar surface area (TPSA) is 38.0 Å². The summed E-state index contributed by atoms with van der Waals surface area (Å²) in [5, 5.41) is 3.25. The van der Waals surface area contributed by atoms with Crippen LogP contribution in [0.3, 0.4) is 0 Å².